The van der Waals surface area contributed by atoms with E-state index in [1.54, 1.807) is 48.5 Å². The van der Waals surface area contributed by atoms with E-state index in [-0.39, 0.29) is 18.2 Å². The Morgan fingerprint density at radius 3 is 2.26 bits per heavy atom. The molecule has 0 fully saturated rings. The number of ketones is 1. The van der Waals surface area contributed by atoms with Crippen LogP contribution in [-0.4, -0.2) is 53.3 Å². The molecule has 4 aromatic rings. The number of carboxylic acid groups (broad SMARTS) is 1. The maximum Gasteiger partial charge on any atom is 0.317 e. The fraction of sp³-hybridized carbons (Fsp3) is 0.156. The summed E-state index contributed by atoms with van der Waals surface area (Å²) in [6.45, 7) is -1.28. The van der Waals surface area contributed by atoms with Gasteiger partial charge in [-0.05, 0) is 23.1 Å². The van der Waals surface area contributed by atoms with Gasteiger partial charge in [0.2, 0.25) is 17.5 Å². The number of anilines is 2. The van der Waals surface area contributed by atoms with Gasteiger partial charge in [-0.3, -0.25) is 28.9 Å². The van der Waals surface area contributed by atoms with Gasteiger partial charge in [0.25, 0.3) is 0 Å². The molecule has 0 unspecified atom stereocenters. The first-order valence-electron chi connectivity index (χ1n) is 13.7. The largest absolute Gasteiger partial charge is 0.481 e. The van der Waals surface area contributed by atoms with E-state index >= 15 is 0 Å². The highest BCUT2D eigenvalue weighted by Gasteiger charge is 2.42. The van der Waals surface area contributed by atoms with E-state index in [9.17, 15) is 46.6 Å². The molecule has 0 radical (unpaired) electrons. The zero-order valence-electron chi connectivity index (χ0n) is 23.6. The lowest BCUT2D eigenvalue weighted by atomic mass is 10.1. The SMILES string of the molecule is O=C(O)C[C@H](NC(=O)[C@@H]1Cc2ccccc2N1C(=O)C(=O)Nc1cccc2ccccc12)C(=O)COc1c(F)c(F)cc(F)c1F. The molecule has 46 heavy (non-hydrogen) atoms. The van der Waals surface area contributed by atoms with Crippen molar-refractivity contribution in [1.29, 1.82) is 0 Å². The van der Waals surface area contributed by atoms with Gasteiger partial charge in [-0.25, -0.2) is 8.78 Å². The second kappa shape index (κ2) is 13.1. The number of para-hydroxylation sites is 1. The van der Waals surface area contributed by atoms with Crippen LogP contribution < -0.4 is 20.3 Å². The van der Waals surface area contributed by atoms with Crippen LogP contribution in [0.5, 0.6) is 5.75 Å². The van der Waals surface area contributed by atoms with Crippen molar-refractivity contribution in [3.05, 3.63) is 102 Å². The molecule has 0 aliphatic carbocycles. The zero-order valence-corrected chi connectivity index (χ0v) is 23.6. The molecule has 10 nitrogen and oxygen atoms in total. The number of rotatable bonds is 9. The van der Waals surface area contributed by atoms with Crippen molar-refractivity contribution >= 4 is 51.6 Å². The van der Waals surface area contributed by atoms with Gasteiger partial charge in [0.05, 0.1) is 6.42 Å². The van der Waals surface area contributed by atoms with Gasteiger partial charge in [0.15, 0.2) is 23.2 Å². The Morgan fingerprint density at radius 1 is 0.891 bits per heavy atom. The first-order valence-corrected chi connectivity index (χ1v) is 13.7. The monoisotopic (exact) mass is 637 g/mol. The molecule has 0 bridgehead atoms. The van der Waals surface area contributed by atoms with E-state index in [4.69, 9.17) is 0 Å². The Morgan fingerprint density at radius 2 is 1.54 bits per heavy atom. The highest BCUT2D eigenvalue weighted by Crippen LogP contribution is 2.33. The number of Topliss-reactive ketones (excluding diaryl/α,β-unsaturated/α-hetero) is 1. The third-order valence-corrected chi connectivity index (χ3v) is 7.24. The molecule has 3 amide bonds. The summed E-state index contributed by atoms with van der Waals surface area (Å²) in [5.74, 6) is -15.0. The number of nitrogens with zero attached hydrogens (tertiary/aromatic N) is 1. The summed E-state index contributed by atoms with van der Waals surface area (Å²) < 4.78 is 59.7. The number of aliphatic carboxylic acids is 1. The average Bonchev–Trinajstić information content (AvgIpc) is 3.43. The fourth-order valence-corrected chi connectivity index (χ4v) is 5.08. The highest BCUT2D eigenvalue weighted by atomic mass is 19.2. The lowest BCUT2D eigenvalue weighted by Gasteiger charge is -2.26. The number of benzene rings is 4. The summed E-state index contributed by atoms with van der Waals surface area (Å²) in [6, 6.07) is 15.2. The van der Waals surface area contributed by atoms with Gasteiger partial charge < -0.3 is 20.5 Å². The number of amides is 3. The van der Waals surface area contributed by atoms with Crippen LogP contribution in [0.2, 0.25) is 0 Å². The Balaban J connectivity index is 1.36. The number of hydrogen-bond acceptors (Lipinski definition) is 6. The molecule has 14 heteroatoms. The zero-order chi connectivity index (χ0) is 33.1. The van der Waals surface area contributed by atoms with Crippen LogP contribution in [-0.2, 0) is 30.4 Å². The first-order chi connectivity index (χ1) is 22.0. The number of hydrogen-bond donors (Lipinski definition) is 3. The highest BCUT2D eigenvalue weighted by molar-refractivity contribution is 6.45. The third-order valence-electron chi connectivity index (χ3n) is 7.24. The fourth-order valence-electron chi connectivity index (χ4n) is 5.08. The lowest BCUT2D eigenvalue weighted by Crippen LogP contribution is -2.55. The van der Waals surface area contributed by atoms with Crippen molar-refractivity contribution in [2.75, 3.05) is 16.8 Å². The van der Waals surface area contributed by atoms with Gasteiger partial charge in [-0.2, -0.15) is 8.78 Å². The van der Waals surface area contributed by atoms with E-state index < -0.39 is 83.6 Å². The van der Waals surface area contributed by atoms with Crippen LogP contribution in [0.15, 0.2) is 72.8 Å². The van der Waals surface area contributed by atoms with Crippen LogP contribution in [0, 0.1) is 23.3 Å². The summed E-state index contributed by atoms with van der Waals surface area (Å²) in [7, 11) is 0. The normalized spacial score (nSPS) is 14.3. The molecule has 0 spiro atoms. The smallest absolute Gasteiger partial charge is 0.317 e. The van der Waals surface area contributed by atoms with E-state index in [1.807, 2.05) is 12.1 Å². The van der Waals surface area contributed by atoms with Gasteiger partial charge in [0.1, 0.15) is 18.7 Å². The van der Waals surface area contributed by atoms with Gasteiger partial charge in [-0.15, -0.1) is 0 Å². The number of nitrogens with one attached hydrogen (secondary N) is 2. The van der Waals surface area contributed by atoms with E-state index in [0.29, 0.717) is 16.6 Å². The summed E-state index contributed by atoms with van der Waals surface area (Å²) in [4.78, 5) is 65.6. The van der Waals surface area contributed by atoms with Crippen LogP contribution in [0.4, 0.5) is 28.9 Å². The maximum atomic E-state index is 14.0. The minimum atomic E-state index is -1.93. The van der Waals surface area contributed by atoms with Gasteiger partial charge in [0, 0.05) is 29.2 Å². The van der Waals surface area contributed by atoms with Gasteiger partial charge >= 0.3 is 17.8 Å². The van der Waals surface area contributed by atoms with Crippen LogP contribution in [0.3, 0.4) is 0 Å². The quantitative estimate of drug-likeness (QED) is 0.144. The van der Waals surface area contributed by atoms with E-state index in [1.165, 1.54) is 6.07 Å². The molecule has 1 heterocycles. The molecule has 0 aromatic heterocycles. The minimum Gasteiger partial charge on any atom is -0.481 e. The molecule has 1 aliphatic rings. The van der Waals surface area contributed by atoms with Crippen molar-refractivity contribution < 1.29 is 51.4 Å². The number of carbonyl (C=O) groups is 5. The minimum absolute atomic E-state index is 0.0677. The molecule has 2 atom stereocenters. The van der Waals surface area contributed by atoms with Crippen molar-refractivity contribution in [3.8, 4) is 5.75 Å². The molecular formula is C32H23F4N3O7. The average molecular weight is 638 g/mol. The van der Waals surface area contributed by atoms with Crippen molar-refractivity contribution in [3.63, 3.8) is 0 Å². The number of fused-ring (bicyclic) bond motifs is 2. The second-order valence-corrected chi connectivity index (χ2v) is 10.2. The molecule has 0 saturated heterocycles. The molecule has 5 rings (SSSR count). The number of carbonyl (C=O) groups excluding carboxylic acids is 4. The molecular weight excluding hydrogens is 614 g/mol. The Labute approximate surface area is 257 Å². The van der Waals surface area contributed by atoms with Crippen molar-refractivity contribution in [1.82, 2.24) is 5.32 Å². The van der Waals surface area contributed by atoms with Crippen LogP contribution in [0.1, 0.15) is 12.0 Å². The lowest BCUT2D eigenvalue weighted by molar-refractivity contribution is -0.140. The predicted octanol–water partition coefficient (Wildman–Crippen LogP) is 3.90. The summed E-state index contributed by atoms with van der Waals surface area (Å²) in [6.07, 6.45) is -1.13. The number of carboxylic acids is 1. The van der Waals surface area contributed by atoms with Gasteiger partial charge in [-0.1, -0.05) is 54.6 Å². The van der Waals surface area contributed by atoms with Crippen LogP contribution in [0.25, 0.3) is 10.8 Å². The van der Waals surface area contributed by atoms with Crippen molar-refractivity contribution in [2.24, 2.45) is 0 Å². The third kappa shape index (κ3) is 6.36. The van der Waals surface area contributed by atoms with E-state index in [0.717, 1.165) is 10.3 Å². The molecule has 4 aromatic carbocycles. The second-order valence-electron chi connectivity index (χ2n) is 10.2. The summed E-state index contributed by atoms with van der Waals surface area (Å²) in [5.41, 5.74) is 1.06. The molecule has 0 saturated carbocycles. The number of ether oxygens (including phenoxy) is 1. The predicted molar refractivity (Wildman–Crippen MR) is 155 cm³/mol. The number of halogens is 4. The molecule has 3 N–H and O–H groups in total. The summed E-state index contributed by atoms with van der Waals surface area (Å²) in [5, 5.41) is 15.6. The summed E-state index contributed by atoms with van der Waals surface area (Å²) >= 11 is 0. The van der Waals surface area contributed by atoms with Crippen LogP contribution >= 0.6 is 0 Å². The Hall–Kier alpha value is -5.79. The maximum absolute atomic E-state index is 14.0. The molecule has 236 valence electrons. The molecule has 1 aliphatic heterocycles. The topological polar surface area (TPSA) is 142 Å². The Kier molecular flexibility index (Phi) is 8.98. The Bertz CT molecular complexity index is 1870. The van der Waals surface area contributed by atoms with E-state index in [2.05, 4.69) is 15.4 Å². The standard InChI is InChI=1S/C32H23F4N3O7/c33-19-13-20(34)28(36)29(27(19)35)46-15-25(40)22(14-26(41)42)38-30(43)24-12-17-7-2-4-11-23(17)39(24)32(45)31(44)37-21-10-5-8-16-6-1-3-9-18(16)21/h1-11,13,22,24H,12,14-15H2,(H,37,44)(H,38,43)(H,41,42)/t22-,24-/m0/s1. The van der Waals surface area contributed by atoms with Crippen molar-refractivity contribution in [2.45, 2.75) is 24.9 Å². The first kappa shape index (κ1) is 31.6.